The lowest BCUT2D eigenvalue weighted by molar-refractivity contribution is -0.0222. The third-order valence-corrected chi connectivity index (χ3v) is 3.60. The molecule has 3 heteroatoms. The molecule has 0 radical (unpaired) electrons. The van der Waals surface area contributed by atoms with Gasteiger partial charge in [-0.15, -0.1) is 0 Å². The summed E-state index contributed by atoms with van der Waals surface area (Å²) in [5.41, 5.74) is 7.36. The Morgan fingerprint density at radius 2 is 2.06 bits per heavy atom. The van der Waals surface area contributed by atoms with Crippen LogP contribution in [0.15, 0.2) is 28.7 Å². The lowest BCUT2D eigenvalue weighted by Crippen LogP contribution is -2.31. The van der Waals surface area contributed by atoms with Crippen molar-refractivity contribution in [1.29, 1.82) is 0 Å². The predicted octanol–water partition coefficient (Wildman–Crippen LogP) is 4.43. The van der Waals surface area contributed by atoms with Gasteiger partial charge in [-0.3, -0.25) is 0 Å². The number of hydrogen-bond acceptors (Lipinski definition) is 2. The van der Waals surface area contributed by atoms with E-state index in [0.717, 1.165) is 29.3 Å². The minimum absolute atomic E-state index is 0.0194. The Labute approximate surface area is 119 Å². The Hall–Kier alpha value is -0.380. The van der Waals surface area contributed by atoms with Crippen molar-refractivity contribution in [1.82, 2.24) is 0 Å². The molecule has 0 heterocycles. The Morgan fingerprint density at radius 1 is 1.33 bits per heavy atom. The summed E-state index contributed by atoms with van der Waals surface area (Å²) in [5.74, 6) is 0. The fourth-order valence-electron chi connectivity index (χ4n) is 2.05. The molecule has 1 aromatic rings. The van der Waals surface area contributed by atoms with Gasteiger partial charge in [-0.1, -0.05) is 48.3 Å². The van der Waals surface area contributed by atoms with Gasteiger partial charge in [-0.25, -0.2) is 0 Å². The van der Waals surface area contributed by atoms with Gasteiger partial charge in [-0.05, 0) is 37.5 Å². The van der Waals surface area contributed by atoms with Gasteiger partial charge in [0.15, 0.2) is 0 Å². The van der Waals surface area contributed by atoms with E-state index in [9.17, 15) is 0 Å². The van der Waals surface area contributed by atoms with Crippen LogP contribution < -0.4 is 5.73 Å². The maximum atomic E-state index is 6.20. The SMILES string of the molecule is CCCC(C)OC(c1cccc(Br)c1)C(N)CC. The van der Waals surface area contributed by atoms with Crippen LogP contribution in [-0.2, 0) is 4.74 Å². The van der Waals surface area contributed by atoms with Crippen molar-refractivity contribution in [2.45, 2.75) is 58.3 Å². The van der Waals surface area contributed by atoms with Crippen LogP contribution in [0.4, 0.5) is 0 Å². The van der Waals surface area contributed by atoms with E-state index in [0.29, 0.717) is 0 Å². The molecule has 1 rings (SSSR count). The van der Waals surface area contributed by atoms with Crippen LogP contribution in [0.25, 0.3) is 0 Å². The van der Waals surface area contributed by atoms with Gasteiger partial charge in [0, 0.05) is 10.5 Å². The van der Waals surface area contributed by atoms with Crippen LogP contribution in [-0.4, -0.2) is 12.1 Å². The second-order valence-corrected chi connectivity index (χ2v) is 5.70. The van der Waals surface area contributed by atoms with Gasteiger partial charge >= 0.3 is 0 Å². The van der Waals surface area contributed by atoms with E-state index >= 15 is 0 Å². The lowest BCUT2D eigenvalue weighted by Gasteiger charge is -2.27. The number of halogens is 1. The average Bonchev–Trinajstić information content (AvgIpc) is 2.35. The van der Waals surface area contributed by atoms with Crippen LogP contribution >= 0.6 is 15.9 Å². The highest BCUT2D eigenvalue weighted by atomic mass is 79.9. The molecule has 0 fully saturated rings. The van der Waals surface area contributed by atoms with E-state index in [2.05, 4.69) is 48.8 Å². The maximum absolute atomic E-state index is 6.20. The first-order valence-corrected chi connectivity index (χ1v) is 7.54. The standard InChI is InChI=1S/C15H24BrNO/c1-4-7-11(3)18-15(14(17)5-2)12-8-6-9-13(16)10-12/h6,8-11,14-15H,4-5,7,17H2,1-3H3. The van der Waals surface area contributed by atoms with Crippen LogP contribution in [0, 0.1) is 0 Å². The molecule has 0 aliphatic heterocycles. The Balaban J connectivity index is 2.84. The fraction of sp³-hybridized carbons (Fsp3) is 0.600. The summed E-state index contributed by atoms with van der Waals surface area (Å²) in [5, 5.41) is 0. The molecule has 0 amide bonds. The summed E-state index contributed by atoms with van der Waals surface area (Å²) in [4.78, 5) is 0. The van der Waals surface area contributed by atoms with Crippen molar-refractivity contribution in [2.75, 3.05) is 0 Å². The van der Waals surface area contributed by atoms with Gasteiger partial charge in [0.05, 0.1) is 12.2 Å². The summed E-state index contributed by atoms with van der Waals surface area (Å²) < 4.78 is 7.21. The number of ether oxygens (including phenoxy) is 1. The lowest BCUT2D eigenvalue weighted by atomic mass is 10.0. The highest BCUT2D eigenvalue weighted by Crippen LogP contribution is 2.27. The molecular weight excluding hydrogens is 290 g/mol. The topological polar surface area (TPSA) is 35.2 Å². The first-order chi connectivity index (χ1) is 8.58. The summed E-state index contributed by atoms with van der Waals surface area (Å²) in [6.07, 6.45) is 3.34. The molecule has 2 N–H and O–H groups in total. The van der Waals surface area contributed by atoms with E-state index in [1.54, 1.807) is 0 Å². The molecule has 0 bridgehead atoms. The number of nitrogens with two attached hydrogens (primary N) is 1. The van der Waals surface area contributed by atoms with Crippen molar-refractivity contribution in [3.05, 3.63) is 34.3 Å². The van der Waals surface area contributed by atoms with Crippen molar-refractivity contribution in [3.63, 3.8) is 0 Å². The van der Waals surface area contributed by atoms with E-state index in [1.165, 1.54) is 0 Å². The molecule has 2 nitrogen and oxygen atoms in total. The highest BCUT2D eigenvalue weighted by Gasteiger charge is 2.21. The second kappa shape index (κ2) is 7.93. The smallest absolute Gasteiger partial charge is 0.0979 e. The van der Waals surface area contributed by atoms with Gasteiger partial charge < -0.3 is 10.5 Å². The Kier molecular flexibility index (Phi) is 6.90. The summed E-state index contributed by atoms with van der Waals surface area (Å²) >= 11 is 3.50. The molecule has 0 saturated heterocycles. The van der Waals surface area contributed by atoms with E-state index in [-0.39, 0.29) is 18.2 Å². The third kappa shape index (κ3) is 4.71. The van der Waals surface area contributed by atoms with Gasteiger partial charge in [-0.2, -0.15) is 0 Å². The normalized spacial score (nSPS) is 16.3. The van der Waals surface area contributed by atoms with Gasteiger partial charge in [0.25, 0.3) is 0 Å². The minimum atomic E-state index is -0.0194. The molecule has 0 aliphatic rings. The summed E-state index contributed by atoms with van der Waals surface area (Å²) in [6, 6.07) is 8.28. The van der Waals surface area contributed by atoms with Gasteiger partial charge in [0.1, 0.15) is 0 Å². The number of benzene rings is 1. The molecule has 3 unspecified atom stereocenters. The molecule has 3 atom stereocenters. The molecule has 18 heavy (non-hydrogen) atoms. The molecule has 0 aromatic heterocycles. The second-order valence-electron chi connectivity index (χ2n) is 4.78. The Morgan fingerprint density at radius 3 is 2.61 bits per heavy atom. The first-order valence-electron chi connectivity index (χ1n) is 6.75. The largest absolute Gasteiger partial charge is 0.369 e. The fourth-order valence-corrected chi connectivity index (χ4v) is 2.47. The first kappa shape index (κ1) is 15.7. The van der Waals surface area contributed by atoms with E-state index < -0.39 is 0 Å². The molecule has 0 aliphatic carbocycles. The van der Waals surface area contributed by atoms with E-state index in [1.807, 2.05) is 12.1 Å². The maximum Gasteiger partial charge on any atom is 0.0979 e. The zero-order chi connectivity index (χ0) is 13.5. The van der Waals surface area contributed by atoms with Crippen LogP contribution in [0.1, 0.15) is 51.7 Å². The van der Waals surface area contributed by atoms with E-state index in [4.69, 9.17) is 10.5 Å². The third-order valence-electron chi connectivity index (χ3n) is 3.11. The molecule has 0 saturated carbocycles. The highest BCUT2D eigenvalue weighted by molar-refractivity contribution is 9.10. The molecule has 102 valence electrons. The quantitative estimate of drug-likeness (QED) is 0.808. The van der Waals surface area contributed by atoms with Crippen molar-refractivity contribution >= 4 is 15.9 Å². The predicted molar refractivity (Wildman–Crippen MR) is 80.6 cm³/mol. The number of hydrogen-bond donors (Lipinski definition) is 1. The number of rotatable bonds is 7. The average molecular weight is 314 g/mol. The Bertz CT molecular complexity index is 356. The summed E-state index contributed by atoms with van der Waals surface area (Å²) in [6.45, 7) is 6.40. The van der Waals surface area contributed by atoms with Crippen LogP contribution in [0.5, 0.6) is 0 Å². The molecule has 0 spiro atoms. The minimum Gasteiger partial charge on any atom is -0.369 e. The monoisotopic (exact) mass is 313 g/mol. The van der Waals surface area contributed by atoms with Gasteiger partial charge in [0.2, 0.25) is 0 Å². The molecule has 1 aromatic carbocycles. The summed E-state index contributed by atoms with van der Waals surface area (Å²) in [7, 11) is 0. The zero-order valence-electron chi connectivity index (χ0n) is 11.5. The van der Waals surface area contributed by atoms with Crippen LogP contribution in [0.2, 0.25) is 0 Å². The zero-order valence-corrected chi connectivity index (χ0v) is 13.1. The van der Waals surface area contributed by atoms with Crippen LogP contribution in [0.3, 0.4) is 0 Å². The van der Waals surface area contributed by atoms with Crippen molar-refractivity contribution in [2.24, 2.45) is 5.73 Å². The van der Waals surface area contributed by atoms with Crippen molar-refractivity contribution in [3.8, 4) is 0 Å². The van der Waals surface area contributed by atoms with Crippen molar-refractivity contribution < 1.29 is 4.74 Å². The molecular formula is C15H24BrNO.